The van der Waals surface area contributed by atoms with E-state index in [2.05, 4.69) is 0 Å². The molecule has 0 bridgehead atoms. The van der Waals surface area contributed by atoms with E-state index in [0.717, 1.165) is 6.42 Å². The van der Waals surface area contributed by atoms with Gasteiger partial charge < -0.3 is 9.47 Å². The monoisotopic (exact) mass is 290 g/mol. The van der Waals surface area contributed by atoms with E-state index in [4.69, 9.17) is 9.47 Å². The molecule has 0 saturated heterocycles. The predicted octanol–water partition coefficient (Wildman–Crippen LogP) is 3.35. The van der Waals surface area contributed by atoms with Crippen LogP contribution in [0.5, 0.6) is 5.75 Å². The van der Waals surface area contributed by atoms with Gasteiger partial charge in [0.2, 0.25) is 0 Å². The van der Waals surface area contributed by atoms with Gasteiger partial charge in [-0.2, -0.15) is 0 Å². The van der Waals surface area contributed by atoms with E-state index in [1.165, 1.54) is 0 Å². The van der Waals surface area contributed by atoms with Crippen LogP contribution in [0, 0.1) is 11.8 Å². The number of carbonyl (C=O) groups excluding carboxylic acids is 2. The number of hydrogen-bond acceptors (Lipinski definition) is 4. The highest BCUT2D eigenvalue weighted by Crippen LogP contribution is 2.34. The molecule has 4 nitrogen and oxygen atoms in total. The molecular weight excluding hydrogens is 268 g/mol. The first kappa shape index (κ1) is 15.5. The molecule has 0 N–H and O–H groups in total. The second-order valence-corrected chi connectivity index (χ2v) is 6.41. The van der Waals surface area contributed by atoms with Gasteiger partial charge in [-0.1, -0.05) is 24.6 Å². The summed E-state index contributed by atoms with van der Waals surface area (Å²) in [6.45, 7) is 5.49. The Bertz CT molecular complexity index is 501. The highest BCUT2D eigenvalue weighted by molar-refractivity contribution is 5.84. The fraction of sp³-hybridized carbons (Fsp3) is 0.529. The van der Waals surface area contributed by atoms with Crippen molar-refractivity contribution in [2.24, 2.45) is 11.8 Å². The van der Waals surface area contributed by atoms with E-state index in [-0.39, 0.29) is 17.9 Å². The molecule has 2 rings (SSSR count). The Morgan fingerprint density at radius 1 is 1.00 bits per heavy atom. The predicted molar refractivity (Wildman–Crippen MR) is 78.8 cm³/mol. The van der Waals surface area contributed by atoms with Crippen LogP contribution >= 0.6 is 0 Å². The maximum atomic E-state index is 12.3. The first-order chi connectivity index (χ1) is 9.87. The summed E-state index contributed by atoms with van der Waals surface area (Å²) in [4.78, 5) is 24.5. The van der Waals surface area contributed by atoms with Crippen LogP contribution in [0.2, 0.25) is 0 Å². The van der Waals surface area contributed by atoms with E-state index >= 15 is 0 Å². The lowest BCUT2D eigenvalue weighted by Gasteiger charge is -2.24. The molecule has 0 heterocycles. The van der Waals surface area contributed by atoms with Crippen LogP contribution in [0.25, 0.3) is 0 Å². The number of ether oxygens (including phenoxy) is 2. The number of rotatable bonds is 3. The highest BCUT2D eigenvalue weighted by atomic mass is 16.6. The van der Waals surface area contributed by atoms with E-state index in [9.17, 15) is 9.59 Å². The molecule has 1 aromatic carbocycles. The molecule has 1 aliphatic rings. The molecule has 0 spiro atoms. The second kappa shape index (κ2) is 6.29. The van der Waals surface area contributed by atoms with Crippen molar-refractivity contribution in [3.8, 4) is 5.75 Å². The summed E-state index contributed by atoms with van der Waals surface area (Å²) in [6, 6.07) is 8.94. The van der Waals surface area contributed by atoms with Crippen LogP contribution in [0.1, 0.15) is 40.0 Å². The quantitative estimate of drug-likeness (QED) is 0.633. The van der Waals surface area contributed by atoms with Gasteiger partial charge in [-0.15, -0.1) is 0 Å². The lowest BCUT2D eigenvalue weighted by molar-refractivity contribution is -0.164. The lowest BCUT2D eigenvalue weighted by Crippen LogP contribution is -2.34. The average molecular weight is 290 g/mol. The molecule has 4 heteroatoms. The number of esters is 2. The molecule has 2 atom stereocenters. The molecule has 1 aromatic rings. The van der Waals surface area contributed by atoms with Crippen LogP contribution in [-0.2, 0) is 14.3 Å². The molecular formula is C17H22O4. The van der Waals surface area contributed by atoms with Gasteiger partial charge in [0, 0.05) is 0 Å². The van der Waals surface area contributed by atoms with E-state index in [1.807, 2.05) is 39.0 Å². The fourth-order valence-corrected chi connectivity index (χ4v) is 2.58. The number of benzene rings is 1. The van der Waals surface area contributed by atoms with Crippen molar-refractivity contribution in [2.45, 2.75) is 45.6 Å². The minimum atomic E-state index is -0.534. The van der Waals surface area contributed by atoms with Crippen LogP contribution in [0.3, 0.4) is 0 Å². The standard InChI is InChI=1S/C17H22O4/c1-17(2,3)21-16(19)14-11-7-10-13(14)15(18)20-12-8-5-4-6-9-12/h4-6,8-9,13-14H,7,10-11H2,1-3H3/t13-,14+/m0/s1. The summed E-state index contributed by atoms with van der Waals surface area (Å²) in [5.74, 6) is -0.914. The maximum Gasteiger partial charge on any atom is 0.315 e. The lowest BCUT2D eigenvalue weighted by atomic mass is 9.96. The highest BCUT2D eigenvalue weighted by Gasteiger charge is 2.41. The first-order valence-corrected chi connectivity index (χ1v) is 7.36. The summed E-state index contributed by atoms with van der Waals surface area (Å²) in [6.07, 6.45) is 2.21. The van der Waals surface area contributed by atoms with Gasteiger partial charge in [0.05, 0.1) is 11.8 Å². The minimum Gasteiger partial charge on any atom is -0.460 e. The van der Waals surface area contributed by atoms with Crippen molar-refractivity contribution in [1.82, 2.24) is 0 Å². The van der Waals surface area contributed by atoms with Crippen LogP contribution < -0.4 is 4.74 Å². The topological polar surface area (TPSA) is 52.6 Å². The maximum absolute atomic E-state index is 12.3. The fourth-order valence-electron chi connectivity index (χ4n) is 2.58. The van der Waals surface area contributed by atoms with E-state index in [0.29, 0.717) is 18.6 Å². The molecule has 0 amide bonds. The molecule has 1 saturated carbocycles. The average Bonchev–Trinajstić information content (AvgIpc) is 2.87. The second-order valence-electron chi connectivity index (χ2n) is 6.41. The molecule has 0 radical (unpaired) electrons. The smallest absolute Gasteiger partial charge is 0.315 e. The molecule has 0 unspecified atom stereocenters. The largest absolute Gasteiger partial charge is 0.460 e. The molecule has 21 heavy (non-hydrogen) atoms. The van der Waals surface area contributed by atoms with E-state index in [1.54, 1.807) is 12.1 Å². The van der Waals surface area contributed by atoms with Crippen LogP contribution in [-0.4, -0.2) is 17.5 Å². The Kier molecular flexibility index (Phi) is 4.66. The molecule has 1 fully saturated rings. The van der Waals surface area contributed by atoms with Gasteiger partial charge in [0.1, 0.15) is 11.4 Å². The Balaban J connectivity index is 2.01. The van der Waals surface area contributed by atoms with Crippen molar-refractivity contribution in [1.29, 1.82) is 0 Å². The minimum absolute atomic E-state index is 0.296. The Morgan fingerprint density at radius 2 is 1.57 bits per heavy atom. The summed E-state index contributed by atoms with van der Waals surface area (Å²) < 4.78 is 10.8. The van der Waals surface area contributed by atoms with Gasteiger partial charge in [0.25, 0.3) is 0 Å². The first-order valence-electron chi connectivity index (χ1n) is 7.36. The zero-order chi connectivity index (χ0) is 15.5. The zero-order valence-electron chi connectivity index (χ0n) is 12.8. The van der Waals surface area contributed by atoms with Crippen molar-refractivity contribution >= 4 is 11.9 Å². The van der Waals surface area contributed by atoms with Gasteiger partial charge in [0.15, 0.2) is 0 Å². The summed E-state index contributed by atoms with van der Waals surface area (Å²) in [7, 11) is 0. The van der Waals surface area contributed by atoms with Crippen molar-refractivity contribution in [3.05, 3.63) is 30.3 Å². The number of hydrogen-bond donors (Lipinski definition) is 0. The normalized spacial score (nSPS) is 21.9. The molecule has 1 aliphatic carbocycles. The molecule has 0 aromatic heterocycles. The van der Waals surface area contributed by atoms with Crippen molar-refractivity contribution in [3.63, 3.8) is 0 Å². The van der Waals surface area contributed by atoms with Gasteiger partial charge in [-0.3, -0.25) is 9.59 Å². The van der Waals surface area contributed by atoms with Gasteiger partial charge in [-0.25, -0.2) is 0 Å². The van der Waals surface area contributed by atoms with Gasteiger partial charge >= 0.3 is 11.9 Å². The van der Waals surface area contributed by atoms with E-state index < -0.39 is 11.5 Å². The summed E-state index contributed by atoms with van der Waals surface area (Å²) in [5, 5.41) is 0. The summed E-state index contributed by atoms with van der Waals surface area (Å²) in [5.41, 5.74) is -0.534. The number of carbonyl (C=O) groups is 2. The summed E-state index contributed by atoms with van der Waals surface area (Å²) >= 11 is 0. The SMILES string of the molecule is CC(C)(C)OC(=O)[C@@H]1CCC[C@@H]1C(=O)Oc1ccccc1. The zero-order valence-corrected chi connectivity index (χ0v) is 12.8. The Morgan fingerprint density at radius 3 is 2.14 bits per heavy atom. The van der Waals surface area contributed by atoms with Crippen molar-refractivity contribution < 1.29 is 19.1 Å². The Hall–Kier alpha value is -1.84. The van der Waals surface area contributed by atoms with Gasteiger partial charge in [-0.05, 0) is 45.7 Å². The van der Waals surface area contributed by atoms with Crippen LogP contribution in [0.4, 0.5) is 0 Å². The third-order valence-corrected chi connectivity index (χ3v) is 3.49. The van der Waals surface area contributed by atoms with Crippen molar-refractivity contribution in [2.75, 3.05) is 0 Å². The molecule has 0 aliphatic heterocycles. The third-order valence-electron chi connectivity index (χ3n) is 3.49. The number of para-hydroxylation sites is 1. The third kappa shape index (κ3) is 4.31. The Labute approximate surface area is 125 Å². The van der Waals surface area contributed by atoms with Crippen LogP contribution in [0.15, 0.2) is 30.3 Å². The molecule has 114 valence electrons.